The number of aliphatic hydroxyl groups is 1. The molecule has 29 heavy (non-hydrogen) atoms. The van der Waals surface area contributed by atoms with Crippen LogP contribution < -0.4 is 5.32 Å². The van der Waals surface area contributed by atoms with Crippen LogP contribution in [0.2, 0.25) is 0 Å². The second-order valence-corrected chi connectivity index (χ2v) is 7.51. The molecule has 1 aliphatic rings. The predicted octanol–water partition coefficient (Wildman–Crippen LogP) is 1.11. The van der Waals surface area contributed by atoms with E-state index < -0.39 is 5.54 Å². The van der Waals surface area contributed by atoms with Gasteiger partial charge in [-0.2, -0.15) is 0 Å². The van der Waals surface area contributed by atoms with Gasteiger partial charge < -0.3 is 19.6 Å². The van der Waals surface area contributed by atoms with Crippen molar-refractivity contribution in [1.29, 1.82) is 0 Å². The highest BCUT2D eigenvalue weighted by atomic mass is 16.5. The molecule has 3 aromatic rings. The molecule has 0 aliphatic carbocycles. The van der Waals surface area contributed by atoms with Crippen molar-refractivity contribution in [3.63, 3.8) is 0 Å². The first kappa shape index (κ1) is 19.5. The zero-order valence-corrected chi connectivity index (χ0v) is 16.4. The number of fused-ring (bicyclic) bond motifs is 1. The number of carbonyl (C=O) groups excluding carboxylic acids is 1. The van der Waals surface area contributed by atoms with Crippen LogP contribution in [0.4, 0.5) is 0 Å². The monoisotopic (exact) mass is 395 g/mol. The van der Waals surface area contributed by atoms with Crippen molar-refractivity contribution < 1.29 is 14.6 Å². The molecule has 0 saturated carbocycles. The van der Waals surface area contributed by atoms with Crippen molar-refractivity contribution in [2.75, 3.05) is 26.4 Å². The summed E-state index contributed by atoms with van der Waals surface area (Å²) in [6.07, 6.45) is 6.65. The average Bonchev–Trinajstić information content (AvgIpc) is 3.19. The molecule has 1 aromatic carbocycles. The van der Waals surface area contributed by atoms with Crippen molar-refractivity contribution in [3.8, 4) is 0 Å². The van der Waals surface area contributed by atoms with E-state index in [2.05, 4.69) is 39.2 Å². The zero-order valence-electron chi connectivity index (χ0n) is 16.4. The first-order chi connectivity index (χ1) is 14.1. The number of nitrogens with one attached hydrogen (secondary N) is 1. The minimum absolute atomic E-state index is 0.106. The Morgan fingerprint density at radius 3 is 2.97 bits per heavy atom. The largest absolute Gasteiger partial charge is 0.394 e. The molecule has 2 atom stereocenters. The molecule has 8 nitrogen and oxygen atoms in total. The zero-order chi connectivity index (χ0) is 20.3. The first-order valence-electron chi connectivity index (χ1n) is 9.67. The highest BCUT2D eigenvalue weighted by Crippen LogP contribution is 2.26. The minimum atomic E-state index is -0.704. The van der Waals surface area contributed by atoms with E-state index in [9.17, 15) is 9.90 Å². The number of benzene rings is 1. The Morgan fingerprint density at radius 2 is 2.21 bits per heavy atom. The first-order valence-corrected chi connectivity index (χ1v) is 9.67. The summed E-state index contributed by atoms with van der Waals surface area (Å²) in [6.45, 7) is 3.80. The van der Waals surface area contributed by atoms with Crippen molar-refractivity contribution in [3.05, 3.63) is 66.4 Å². The number of nitrogens with zero attached hydrogens (tertiary/aromatic N) is 4. The second kappa shape index (κ2) is 8.28. The number of aliphatic hydroxyl groups excluding tert-OH is 1. The maximum absolute atomic E-state index is 12.7. The highest BCUT2D eigenvalue weighted by Gasteiger charge is 2.43. The van der Waals surface area contributed by atoms with Gasteiger partial charge in [0.15, 0.2) is 5.65 Å². The van der Waals surface area contributed by atoms with Gasteiger partial charge in [-0.15, -0.1) is 0 Å². The van der Waals surface area contributed by atoms with Crippen LogP contribution in [-0.2, 0) is 11.3 Å². The molecule has 0 unspecified atom stereocenters. The number of hydrogen-bond donors (Lipinski definition) is 2. The lowest BCUT2D eigenvalue weighted by molar-refractivity contribution is -0.121. The Balaban J connectivity index is 1.52. The van der Waals surface area contributed by atoms with Crippen LogP contribution in [0, 0.1) is 0 Å². The van der Waals surface area contributed by atoms with E-state index in [1.807, 2.05) is 18.2 Å². The Labute approximate surface area is 169 Å². The summed E-state index contributed by atoms with van der Waals surface area (Å²) in [6, 6.07) is 10.2. The Bertz CT molecular complexity index is 944. The summed E-state index contributed by atoms with van der Waals surface area (Å²) in [5.74, 6) is -0.292. The Hall–Kier alpha value is -2.81. The van der Waals surface area contributed by atoms with Gasteiger partial charge in [0.2, 0.25) is 0 Å². The third kappa shape index (κ3) is 4.00. The van der Waals surface area contributed by atoms with Gasteiger partial charge in [0.05, 0.1) is 31.6 Å². The normalized spacial score (nSPS) is 22.6. The quantitative estimate of drug-likeness (QED) is 0.650. The van der Waals surface area contributed by atoms with Crippen molar-refractivity contribution in [2.45, 2.75) is 25.0 Å². The molecule has 2 aromatic heterocycles. The number of morpholine rings is 1. The van der Waals surface area contributed by atoms with E-state index in [4.69, 9.17) is 4.74 Å². The summed E-state index contributed by atoms with van der Waals surface area (Å²) in [5.41, 5.74) is 1.36. The Morgan fingerprint density at radius 1 is 1.38 bits per heavy atom. The number of ether oxygens (including phenoxy) is 1. The minimum Gasteiger partial charge on any atom is -0.394 e. The van der Waals surface area contributed by atoms with E-state index in [1.165, 1.54) is 0 Å². The van der Waals surface area contributed by atoms with Crippen LogP contribution in [0.15, 0.2) is 55.1 Å². The lowest BCUT2D eigenvalue weighted by Gasteiger charge is -2.49. The Kier molecular flexibility index (Phi) is 5.57. The van der Waals surface area contributed by atoms with Gasteiger partial charge in [0, 0.05) is 37.7 Å². The molecule has 1 aliphatic heterocycles. The van der Waals surface area contributed by atoms with Crippen molar-refractivity contribution in [2.24, 2.45) is 0 Å². The standard InChI is InChI=1S/C21H25N5O3/c1-16-12-29-15-21(14-27,26(16)10-17-5-3-2-4-6-17)13-23-20(28)18-11-25-8-7-22-9-19(25)24-18/h2-9,11,16,27H,10,12-15H2,1H3,(H,23,28)/t16-,21+/m1/s1. The van der Waals surface area contributed by atoms with Crippen LogP contribution in [0.5, 0.6) is 0 Å². The molecule has 2 N–H and O–H groups in total. The molecule has 4 rings (SSSR count). The van der Waals surface area contributed by atoms with E-state index in [-0.39, 0.29) is 25.1 Å². The van der Waals surface area contributed by atoms with Crippen LogP contribution >= 0.6 is 0 Å². The molecule has 0 spiro atoms. The summed E-state index contributed by atoms with van der Waals surface area (Å²) >= 11 is 0. The molecule has 0 bridgehead atoms. The van der Waals surface area contributed by atoms with Gasteiger partial charge >= 0.3 is 0 Å². The number of amides is 1. The second-order valence-electron chi connectivity index (χ2n) is 7.51. The number of aromatic nitrogens is 3. The van der Waals surface area contributed by atoms with Crippen LogP contribution in [-0.4, -0.2) is 68.2 Å². The number of hydrogen-bond acceptors (Lipinski definition) is 6. The fourth-order valence-corrected chi connectivity index (χ4v) is 3.80. The summed E-state index contributed by atoms with van der Waals surface area (Å²) in [5, 5.41) is 13.2. The predicted molar refractivity (Wildman–Crippen MR) is 107 cm³/mol. The molecule has 1 fully saturated rings. The van der Waals surface area contributed by atoms with Crippen molar-refractivity contribution >= 4 is 11.6 Å². The van der Waals surface area contributed by atoms with Gasteiger partial charge in [-0.25, -0.2) is 4.98 Å². The molecule has 1 saturated heterocycles. The average molecular weight is 395 g/mol. The number of carbonyl (C=O) groups is 1. The van der Waals surface area contributed by atoms with Crippen LogP contribution in [0.1, 0.15) is 23.0 Å². The van der Waals surface area contributed by atoms with Gasteiger partial charge in [0.25, 0.3) is 5.91 Å². The van der Waals surface area contributed by atoms with E-state index >= 15 is 0 Å². The highest BCUT2D eigenvalue weighted by molar-refractivity contribution is 5.92. The number of imidazole rings is 1. The molecular weight excluding hydrogens is 370 g/mol. The van der Waals surface area contributed by atoms with Gasteiger partial charge in [-0.1, -0.05) is 30.3 Å². The lowest BCUT2D eigenvalue weighted by Crippen LogP contribution is -2.66. The fraction of sp³-hybridized carbons (Fsp3) is 0.381. The SMILES string of the molecule is C[C@@H]1COC[C@@](CO)(CNC(=O)c2cn3ccncc3n2)N1Cc1ccccc1. The molecule has 1 amide bonds. The van der Waals surface area contributed by atoms with Crippen molar-refractivity contribution in [1.82, 2.24) is 24.6 Å². The maximum Gasteiger partial charge on any atom is 0.271 e. The third-order valence-corrected chi connectivity index (χ3v) is 5.44. The van der Waals surface area contributed by atoms with Gasteiger partial charge in [-0.3, -0.25) is 14.7 Å². The van der Waals surface area contributed by atoms with E-state index in [1.54, 1.807) is 29.2 Å². The third-order valence-electron chi connectivity index (χ3n) is 5.44. The molecule has 152 valence electrons. The van der Waals surface area contributed by atoms with Gasteiger partial charge in [0.1, 0.15) is 5.69 Å². The summed E-state index contributed by atoms with van der Waals surface area (Å²) in [7, 11) is 0. The van der Waals surface area contributed by atoms with Gasteiger partial charge in [-0.05, 0) is 12.5 Å². The maximum atomic E-state index is 12.7. The number of rotatable bonds is 6. The molecular formula is C21H25N5O3. The smallest absolute Gasteiger partial charge is 0.271 e. The molecule has 0 radical (unpaired) electrons. The van der Waals surface area contributed by atoms with E-state index in [0.29, 0.717) is 31.1 Å². The molecule has 3 heterocycles. The molecule has 8 heteroatoms. The topological polar surface area (TPSA) is 92.0 Å². The fourth-order valence-electron chi connectivity index (χ4n) is 3.80. The lowest BCUT2D eigenvalue weighted by atomic mass is 9.94. The van der Waals surface area contributed by atoms with Crippen LogP contribution in [0.25, 0.3) is 5.65 Å². The van der Waals surface area contributed by atoms with E-state index in [0.717, 1.165) is 5.56 Å². The summed E-state index contributed by atoms with van der Waals surface area (Å²) in [4.78, 5) is 23.3. The summed E-state index contributed by atoms with van der Waals surface area (Å²) < 4.78 is 7.51. The van der Waals surface area contributed by atoms with Crippen LogP contribution in [0.3, 0.4) is 0 Å².